The van der Waals surface area contributed by atoms with E-state index in [1.54, 1.807) is 0 Å². The van der Waals surface area contributed by atoms with E-state index >= 15 is 0 Å². The van der Waals surface area contributed by atoms with Crippen molar-refractivity contribution in [1.82, 2.24) is 0 Å². The maximum atomic E-state index is 3.65. The summed E-state index contributed by atoms with van der Waals surface area (Å²) in [6, 6.07) is 21.3. The molecule has 4 bridgehead atoms. The number of benzene rings is 2. The summed E-state index contributed by atoms with van der Waals surface area (Å²) in [5.74, 6) is 5.12. The van der Waals surface area contributed by atoms with E-state index in [1.807, 2.05) is 0 Å². The number of fused-ring (bicyclic) bond motifs is 4. The quantitative estimate of drug-likeness (QED) is 0.401. The summed E-state index contributed by atoms with van der Waals surface area (Å²) >= 11 is 0. The summed E-state index contributed by atoms with van der Waals surface area (Å²) in [5, 5.41) is 7.30. The van der Waals surface area contributed by atoms with Gasteiger partial charge in [0.1, 0.15) is 0 Å². The van der Waals surface area contributed by atoms with Gasteiger partial charge in [0.2, 0.25) is 0 Å². The molecule has 0 aliphatic heterocycles. The molecule has 2 aromatic carbocycles. The molecule has 2 heteroatoms. The molecule has 4 aliphatic rings. The monoisotopic (exact) mass is 514 g/mol. The molecular formula is C36H54N2. The van der Waals surface area contributed by atoms with Crippen molar-refractivity contribution in [2.24, 2.45) is 57.2 Å². The minimum atomic E-state index is 0.538. The van der Waals surface area contributed by atoms with E-state index in [-0.39, 0.29) is 0 Å². The zero-order valence-electron chi connectivity index (χ0n) is 25.5. The third kappa shape index (κ3) is 4.58. The van der Waals surface area contributed by atoms with Gasteiger partial charge in [0.05, 0.1) is 0 Å². The van der Waals surface area contributed by atoms with E-state index in [2.05, 4.69) is 127 Å². The summed E-state index contributed by atoms with van der Waals surface area (Å²) in [7, 11) is 0. The highest BCUT2D eigenvalue weighted by atomic mass is 14.9. The second-order valence-electron chi connectivity index (χ2n) is 15.1. The first-order valence-corrected chi connectivity index (χ1v) is 15.5. The van der Waals surface area contributed by atoms with Crippen molar-refractivity contribution in [3.63, 3.8) is 0 Å². The Morgan fingerprint density at radius 2 is 0.895 bits per heavy atom. The van der Waals surface area contributed by atoms with Crippen LogP contribution in [0.3, 0.4) is 0 Å². The van der Waals surface area contributed by atoms with E-state index in [9.17, 15) is 0 Å². The average Bonchev–Trinajstić information content (AvgIpc) is 3.47. The normalized spacial score (nSPS) is 44.5. The van der Waals surface area contributed by atoms with Gasteiger partial charge in [-0.15, -0.1) is 0 Å². The van der Waals surface area contributed by atoms with E-state index in [0.717, 1.165) is 48.6 Å². The molecule has 4 aliphatic carbocycles. The summed E-state index contributed by atoms with van der Waals surface area (Å²) in [6.07, 6.45) is 5.64. The molecule has 2 N–H and O–H groups in total. The number of para-hydroxylation sites is 2. The first kappa shape index (κ1) is 27.6. The highest BCUT2D eigenvalue weighted by molar-refractivity contribution is 5.43. The Kier molecular flexibility index (Phi) is 7.19. The summed E-state index contributed by atoms with van der Waals surface area (Å²) in [4.78, 5) is 0. The molecule has 0 spiro atoms. The van der Waals surface area contributed by atoms with E-state index in [1.165, 1.54) is 37.1 Å². The first-order chi connectivity index (χ1) is 17.9. The van der Waals surface area contributed by atoms with Crippen LogP contribution in [-0.4, -0.2) is 13.1 Å². The number of rotatable bonds is 6. The molecule has 0 saturated heterocycles. The van der Waals surface area contributed by atoms with Gasteiger partial charge in [-0.1, -0.05) is 91.8 Å². The second kappa shape index (κ2) is 9.90. The number of hydrogen-bond donors (Lipinski definition) is 2. The van der Waals surface area contributed by atoms with Crippen molar-refractivity contribution in [3.05, 3.63) is 60.7 Å². The molecule has 208 valence electrons. The molecule has 10 atom stereocenters. The molecule has 0 heterocycles. The highest BCUT2D eigenvalue weighted by Gasteiger charge is 2.63. The molecule has 0 radical (unpaired) electrons. The predicted molar refractivity (Wildman–Crippen MR) is 164 cm³/mol. The van der Waals surface area contributed by atoms with E-state index < -0.39 is 0 Å². The lowest BCUT2D eigenvalue weighted by atomic mass is 9.64. The van der Waals surface area contributed by atoms with Gasteiger partial charge in [0, 0.05) is 24.5 Å². The third-order valence-corrected chi connectivity index (χ3v) is 13.3. The Hall–Kier alpha value is -1.96. The van der Waals surface area contributed by atoms with Crippen LogP contribution in [0.5, 0.6) is 0 Å². The standard InChI is InChI=1S/2C18H27N/c2*1-13-14(2)18(4)12-17(13,3)10-15(18)11-19-16-8-6-5-7-9-16/h2*5-9,13-15,19H,10-12H2,1-4H3. The van der Waals surface area contributed by atoms with Crippen LogP contribution < -0.4 is 10.6 Å². The van der Waals surface area contributed by atoms with Crippen LogP contribution >= 0.6 is 0 Å². The van der Waals surface area contributed by atoms with E-state index in [0.29, 0.717) is 21.7 Å². The van der Waals surface area contributed by atoms with Gasteiger partial charge in [-0.25, -0.2) is 0 Å². The minimum Gasteiger partial charge on any atom is -0.385 e. The van der Waals surface area contributed by atoms with Gasteiger partial charge < -0.3 is 10.6 Å². The van der Waals surface area contributed by atoms with Crippen molar-refractivity contribution in [1.29, 1.82) is 0 Å². The van der Waals surface area contributed by atoms with Crippen molar-refractivity contribution in [2.75, 3.05) is 23.7 Å². The fraction of sp³-hybridized carbons (Fsp3) is 0.667. The molecule has 4 saturated carbocycles. The molecule has 10 unspecified atom stereocenters. The van der Waals surface area contributed by atoms with Crippen molar-refractivity contribution < 1.29 is 0 Å². The van der Waals surface area contributed by atoms with Crippen LogP contribution in [0.1, 0.15) is 81.1 Å². The Bertz CT molecular complexity index is 996. The lowest BCUT2D eigenvalue weighted by Crippen LogP contribution is -2.38. The first-order valence-electron chi connectivity index (χ1n) is 15.5. The SMILES string of the molecule is CC1C(C)C2(C)CC1(C)CC2CNc1ccccc1.CC1C(C)C2(C)CC1(C)CC2CNc1ccccc1. The summed E-state index contributed by atoms with van der Waals surface area (Å²) in [6.45, 7) is 22.3. The van der Waals surface area contributed by atoms with E-state index in [4.69, 9.17) is 0 Å². The lowest BCUT2D eigenvalue weighted by molar-refractivity contribution is 0.0804. The maximum absolute atomic E-state index is 3.65. The zero-order valence-corrected chi connectivity index (χ0v) is 25.5. The average molecular weight is 515 g/mol. The van der Waals surface area contributed by atoms with Gasteiger partial charge in [-0.2, -0.15) is 0 Å². The van der Waals surface area contributed by atoms with Crippen LogP contribution in [0, 0.1) is 57.2 Å². The van der Waals surface area contributed by atoms with Gasteiger partial charge in [-0.3, -0.25) is 0 Å². The van der Waals surface area contributed by atoms with Crippen LogP contribution in [-0.2, 0) is 0 Å². The summed E-state index contributed by atoms with van der Waals surface area (Å²) in [5.41, 5.74) is 4.76. The molecule has 2 aromatic rings. The molecule has 2 nitrogen and oxygen atoms in total. The number of anilines is 2. The van der Waals surface area contributed by atoms with Gasteiger partial charge in [-0.05, 0) is 107 Å². The smallest absolute Gasteiger partial charge is 0.0340 e. The Morgan fingerprint density at radius 1 is 0.553 bits per heavy atom. The van der Waals surface area contributed by atoms with Crippen LogP contribution in [0.2, 0.25) is 0 Å². The third-order valence-electron chi connectivity index (χ3n) is 13.3. The summed E-state index contributed by atoms with van der Waals surface area (Å²) < 4.78 is 0. The molecule has 6 rings (SSSR count). The van der Waals surface area contributed by atoms with Gasteiger partial charge in [0.25, 0.3) is 0 Å². The fourth-order valence-corrected chi connectivity index (χ4v) is 10.1. The lowest BCUT2D eigenvalue weighted by Gasteiger charge is -2.42. The Morgan fingerprint density at radius 3 is 1.18 bits per heavy atom. The Labute approximate surface area is 233 Å². The fourth-order valence-electron chi connectivity index (χ4n) is 10.1. The molecule has 0 amide bonds. The van der Waals surface area contributed by atoms with Crippen LogP contribution in [0.25, 0.3) is 0 Å². The maximum Gasteiger partial charge on any atom is 0.0340 e. The van der Waals surface area contributed by atoms with Crippen LogP contribution in [0.4, 0.5) is 11.4 Å². The minimum absolute atomic E-state index is 0.538. The highest BCUT2D eigenvalue weighted by Crippen LogP contribution is 2.70. The number of hydrogen-bond acceptors (Lipinski definition) is 2. The van der Waals surface area contributed by atoms with Gasteiger partial charge in [0.15, 0.2) is 0 Å². The van der Waals surface area contributed by atoms with Crippen molar-refractivity contribution in [2.45, 2.75) is 81.1 Å². The number of nitrogens with one attached hydrogen (secondary N) is 2. The second-order valence-corrected chi connectivity index (χ2v) is 15.1. The van der Waals surface area contributed by atoms with Gasteiger partial charge >= 0.3 is 0 Å². The molecule has 38 heavy (non-hydrogen) atoms. The largest absolute Gasteiger partial charge is 0.385 e. The van der Waals surface area contributed by atoms with Crippen molar-refractivity contribution >= 4 is 11.4 Å². The topological polar surface area (TPSA) is 24.1 Å². The van der Waals surface area contributed by atoms with Crippen molar-refractivity contribution in [3.8, 4) is 0 Å². The predicted octanol–water partition coefficient (Wildman–Crippen LogP) is 9.61. The Balaban J connectivity index is 0.000000155. The molecule has 4 fully saturated rings. The molecule has 0 aromatic heterocycles. The zero-order chi connectivity index (χ0) is 27.3. The van der Waals surface area contributed by atoms with Crippen LogP contribution in [0.15, 0.2) is 60.7 Å². The molecular weight excluding hydrogens is 460 g/mol.